The summed E-state index contributed by atoms with van der Waals surface area (Å²) in [5.74, 6) is -0.328. The van der Waals surface area contributed by atoms with Crippen molar-refractivity contribution in [2.75, 3.05) is 13.1 Å². The minimum absolute atomic E-state index is 0.134. The van der Waals surface area contributed by atoms with Gasteiger partial charge in [-0.05, 0) is 36.5 Å². The molecule has 1 aromatic rings. The SMILES string of the molecule is BC(=O)N1CCC(c2ccc(C(=O)O)cc2)CC1. The molecular weight excluding hydrogens is 229 g/mol. The molecule has 5 heteroatoms. The lowest BCUT2D eigenvalue weighted by molar-refractivity contribution is 0.0697. The molecule has 1 fully saturated rings. The van der Waals surface area contributed by atoms with Gasteiger partial charge in [-0.3, -0.25) is 4.79 Å². The number of rotatable bonds is 2. The van der Waals surface area contributed by atoms with Gasteiger partial charge < -0.3 is 10.0 Å². The maximum Gasteiger partial charge on any atom is 0.335 e. The second-order valence-electron chi connectivity index (χ2n) is 4.71. The molecule has 0 aliphatic carbocycles. The molecule has 1 N–H and O–H groups in total. The topological polar surface area (TPSA) is 57.6 Å². The van der Waals surface area contributed by atoms with Crippen LogP contribution < -0.4 is 0 Å². The lowest BCUT2D eigenvalue weighted by atomic mass is 9.88. The van der Waals surface area contributed by atoms with Crippen LogP contribution in [0.4, 0.5) is 4.79 Å². The third-order valence-electron chi connectivity index (χ3n) is 3.57. The van der Waals surface area contributed by atoms with Gasteiger partial charge in [0.05, 0.1) is 5.56 Å². The molecule has 1 saturated heterocycles. The lowest BCUT2D eigenvalue weighted by Crippen LogP contribution is -2.37. The highest BCUT2D eigenvalue weighted by molar-refractivity contribution is 6.56. The summed E-state index contributed by atoms with van der Waals surface area (Å²) >= 11 is 0. The number of hydrogen-bond donors (Lipinski definition) is 1. The Morgan fingerprint density at radius 3 is 2.17 bits per heavy atom. The first-order valence-electron chi connectivity index (χ1n) is 6.16. The smallest absolute Gasteiger partial charge is 0.335 e. The number of carbonyl (C=O) groups excluding carboxylic acids is 1. The van der Waals surface area contributed by atoms with E-state index in [1.807, 2.05) is 17.0 Å². The molecule has 0 spiro atoms. The van der Waals surface area contributed by atoms with E-state index >= 15 is 0 Å². The van der Waals surface area contributed by atoms with Crippen LogP contribution in [0.15, 0.2) is 24.3 Å². The van der Waals surface area contributed by atoms with E-state index in [0.29, 0.717) is 11.5 Å². The summed E-state index contributed by atoms with van der Waals surface area (Å²) in [4.78, 5) is 23.8. The van der Waals surface area contributed by atoms with E-state index in [-0.39, 0.29) is 5.81 Å². The van der Waals surface area contributed by atoms with Crippen LogP contribution in [0.3, 0.4) is 0 Å². The highest BCUT2D eigenvalue weighted by atomic mass is 16.4. The molecule has 1 aliphatic heterocycles. The van der Waals surface area contributed by atoms with E-state index < -0.39 is 5.97 Å². The minimum Gasteiger partial charge on any atom is -0.478 e. The first kappa shape index (κ1) is 12.7. The summed E-state index contributed by atoms with van der Waals surface area (Å²) in [6.07, 6.45) is 1.90. The highest BCUT2D eigenvalue weighted by Crippen LogP contribution is 2.28. The molecule has 4 nitrogen and oxygen atoms in total. The standard InChI is InChI=1S/C13H16BNO3/c14-13(18)15-7-5-10(6-8-15)9-1-3-11(4-2-9)12(16)17/h1-4,10H,5-8,14H2,(H,16,17). The van der Waals surface area contributed by atoms with Gasteiger partial charge in [-0.1, -0.05) is 12.1 Å². The van der Waals surface area contributed by atoms with Gasteiger partial charge in [0, 0.05) is 13.1 Å². The summed E-state index contributed by atoms with van der Waals surface area (Å²) in [6.45, 7) is 1.58. The van der Waals surface area contributed by atoms with Crippen LogP contribution in [0.5, 0.6) is 0 Å². The van der Waals surface area contributed by atoms with Gasteiger partial charge in [-0.15, -0.1) is 0 Å². The molecule has 1 heterocycles. The molecule has 0 atom stereocenters. The monoisotopic (exact) mass is 245 g/mol. The van der Waals surface area contributed by atoms with Crippen LogP contribution in [0, 0.1) is 0 Å². The molecular formula is C13H16BNO3. The van der Waals surface area contributed by atoms with Crippen molar-refractivity contribution in [2.24, 2.45) is 0 Å². The van der Waals surface area contributed by atoms with Gasteiger partial charge in [0.25, 0.3) is 0 Å². The predicted octanol–water partition coefficient (Wildman–Crippen LogP) is 1.32. The Morgan fingerprint density at radius 1 is 1.17 bits per heavy atom. The number of carboxylic acid groups (broad SMARTS) is 1. The van der Waals surface area contributed by atoms with Crippen LogP contribution in [-0.4, -0.2) is 42.7 Å². The third-order valence-corrected chi connectivity index (χ3v) is 3.57. The summed E-state index contributed by atoms with van der Waals surface area (Å²) in [6, 6.07) is 7.07. The van der Waals surface area contributed by atoms with Crippen LogP contribution in [-0.2, 0) is 0 Å². The summed E-state index contributed by atoms with van der Waals surface area (Å²) in [7, 11) is 1.60. The average molecular weight is 245 g/mol. The predicted molar refractivity (Wildman–Crippen MR) is 70.9 cm³/mol. The Morgan fingerprint density at radius 2 is 1.72 bits per heavy atom. The van der Waals surface area contributed by atoms with Crippen molar-refractivity contribution in [3.05, 3.63) is 35.4 Å². The van der Waals surface area contributed by atoms with E-state index in [2.05, 4.69) is 0 Å². The Balaban J connectivity index is 2.01. The van der Waals surface area contributed by atoms with E-state index in [1.54, 1.807) is 20.0 Å². The van der Waals surface area contributed by atoms with Gasteiger partial charge in [0.15, 0.2) is 5.81 Å². The quantitative estimate of drug-likeness (QED) is 0.799. The molecule has 18 heavy (non-hydrogen) atoms. The maximum atomic E-state index is 11.2. The van der Waals surface area contributed by atoms with Gasteiger partial charge in [-0.25, -0.2) is 4.79 Å². The van der Waals surface area contributed by atoms with E-state index in [0.717, 1.165) is 25.9 Å². The molecule has 1 aliphatic rings. The Bertz CT molecular complexity index is 450. The van der Waals surface area contributed by atoms with Crippen molar-refractivity contribution in [1.82, 2.24) is 4.90 Å². The number of piperidine rings is 1. The van der Waals surface area contributed by atoms with Crippen molar-refractivity contribution >= 4 is 19.6 Å². The van der Waals surface area contributed by atoms with E-state index in [1.165, 1.54) is 5.56 Å². The molecule has 0 radical (unpaired) electrons. The van der Waals surface area contributed by atoms with E-state index in [9.17, 15) is 9.59 Å². The number of carbonyl (C=O) groups is 2. The third kappa shape index (κ3) is 2.72. The van der Waals surface area contributed by atoms with Crippen LogP contribution in [0.2, 0.25) is 0 Å². The fourth-order valence-corrected chi connectivity index (χ4v) is 2.43. The number of amides is 1. The fraction of sp³-hybridized carbons (Fsp3) is 0.385. The van der Waals surface area contributed by atoms with Gasteiger partial charge in [0.1, 0.15) is 0 Å². The van der Waals surface area contributed by atoms with Crippen LogP contribution in [0.25, 0.3) is 0 Å². The second-order valence-corrected chi connectivity index (χ2v) is 4.71. The lowest BCUT2D eigenvalue weighted by Gasteiger charge is -2.31. The molecule has 1 aromatic carbocycles. The van der Waals surface area contributed by atoms with Crippen molar-refractivity contribution in [2.45, 2.75) is 18.8 Å². The first-order valence-corrected chi connectivity index (χ1v) is 6.16. The molecule has 94 valence electrons. The number of hydrogen-bond acceptors (Lipinski definition) is 2. The van der Waals surface area contributed by atoms with Crippen LogP contribution >= 0.6 is 0 Å². The molecule has 0 bridgehead atoms. The van der Waals surface area contributed by atoms with Gasteiger partial charge >= 0.3 is 5.97 Å². The van der Waals surface area contributed by atoms with Gasteiger partial charge in [-0.2, -0.15) is 0 Å². The molecule has 0 unspecified atom stereocenters. The van der Waals surface area contributed by atoms with Crippen molar-refractivity contribution < 1.29 is 14.7 Å². The van der Waals surface area contributed by atoms with E-state index in [4.69, 9.17) is 5.11 Å². The molecule has 0 saturated carbocycles. The number of benzene rings is 1. The Labute approximate surface area is 107 Å². The average Bonchev–Trinajstić information content (AvgIpc) is 2.39. The highest BCUT2D eigenvalue weighted by Gasteiger charge is 2.21. The fourth-order valence-electron chi connectivity index (χ4n) is 2.43. The maximum absolute atomic E-state index is 11.2. The normalized spacial score (nSPS) is 16.6. The summed E-state index contributed by atoms with van der Waals surface area (Å²) in [5, 5.41) is 8.84. The number of likely N-dealkylation sites (tertiary alicyclic amines) is 1. The van der Waals surface area contributed by atoms with Crippen molar-refractivity contribution in [1.29, 1.82) is 0 Å². The van der Waals surface area contributed by atoms with Gasteiger partial charge in [0.2, 0.25) is 7.85 Å². The zero-order chi connectivity index (χ0) is 13.1. The van der Waals surface area contributed by atoms with Crippen molar-refractivity contribution in [3.8, 4) is 0 Å². The number of carboxylic acids is 1. The zero-order valence-corrected chi connectivity index (χ0v) is 10.4. The molecule has 2 rings (SSSR count). The minimum atomic E-state index is -0.895. The Kier molecular flexibility index (Phi) is 3.70. The van der Waals surface area contributed by atoms with Crippen LogP contribution in [0.1, 0.15) is 34.7 Å². The number of nitrogens with zero attached hydrogens (tertiary/aromatic N) is 1. The summed E-state index contributed by atoms with van der Waals surface area (Å²) in [5.41, 5.74) is 1.49. The zero-order valence-electron chi connectivity index (χ0n) is 10.4. The number of aromatic carboxylic acids is 1. The Hall–Kier alpha value is -1.78. The largest absolute Gasteiger partial charge is 0.478 e. The molecule has 0 aromatic heterocycles. The van der Waals surface area contributed by atoms with Crippen molar-refractivity contribution in [3.63, 3.8) is 0 Å². The second kappa shape index (κ2) is 5.25. The first-order chi connectivity index (χ1) is 8.58. The summed E-state index contributed by atoms with van der Waals surface area (Å²) < 4.78 is 0. The molecule has 1 amide bonds.